The topological polar surface area (TPSA) is 55.4 Å². The van der Waals surface area contributed by atoms with Crippen LogP contribution in [0.1, 0.15) is 0 Å². The molecular formula is C48H34O6. The molecule has 8 aromatic carbocycles. The van der Waals surface area contributed by atoms with Gasteiger partial charge in [-0.15, -0.1) is 0 Å². The Morgan fingerprint density at radius 2 is 0.389 bits per heavy atom. The van der Waals surface area contributed by atoms with E-state index >= 15 is 0 Å². The molecular weight excluding hydrogens is 673 g/mol. The van der Waals surface area contributed by atoms with Crippen LogP contribution in [-0.4, -0.2) is 0 Å². The van der Waals surface area contributed by atoms with Gasteiger partial charge in [0, 0.05) is 24.3 Å². The highest BCUT2D eigenvalue weighted by Gasteiger charge is 2.08. The molecule has 0 atom stereocenters. The highest BCUT2D eigenvalue weighted by atomic mass is 16.5. The van der Waals surface area contributed by atoms with Gasteiger partial charge >= 0.3 is 0 Å². The minimum atomic E-state index is 0.614. The van der Waals surface area contributed by atoms with E-state index in [0.717, 1.165) is 28.4 Å². The predicted molar refractivity (Wildman–Crippen MR) is 211 cm³/mol. The van der Waals surface area contributed by atoms with Gasteiger partial charge in [0.1, 0.15) is 69.0 Å². The maximum Gasteiger partial charge on any atom is 0.131 e. The van der Waals surface area contributed by atoms with E-state index in [-0.39, 0.29) is 0 Å². The van der Waals surface area contributed by atoms with Crippen LogP contribution >= 0.6 is 0 Å². The number of hydrogen-bond acceptors (Lipinski definition) is 6. The largest absolute Gasteiger partial charge is 0.457 e. The monoisotopic (exact) mass is 706 g/mol. The highest BCUT2D eigenvalue weighted by molar-refractivity contribution is 5.64. The van der Waals surface area contributed by atoms with Crippen LogP contribution < -0.4 is 28.4 Å². The molecule has 0 fully saturated rings. The van der Waals surface area contributed by atoms with Crippen LogP contribution in [0.5, 0.6) is 69.0 Å². The van der Waals surface area contributed by atoms with Gasteiger partial charge in [0.15, 0.2) is 0 Å². The van der Waals surface area contributed by atoms with Crippen molar-refractivity contribution in [3.8, 4) is 80.1 Å². The summed E-state index contributed by atoms with van der Waals surface area (Å²) in [5.74, 6) is 7.98. The first-order chi connectivity index (χ1) is 26.7. The van der Waals surface area contributed by atoms with Crippen molar-refractivity contribution in [1.82, 2.24) is 0 Å². The van der Waals surface area contributed by atoms with Gasteiger partial charge in [-0.1, -0.05) is 84.9 Å². The molecule has 0 bridgehead atoms. The minimum absolute atomic E-state index is 0.614. The number of hydrogen-bond donors (Lipinski definition) is 0. The van der Waals surface area contributed by atoms with Crippen molar-refractivity contribution >= 4 is 0 Å². The van der Waals surface area contributed by atoms with E-state index in [2.05, 4.69) is 24.3 Å². The molecule has 0 aromatic heterocycles. The molecule has 0 heterocycles. The lowest BCUT2D eigenvalue weighted by Crippen LogP contribution is -1.90. The van der Waals surface area contributed by atoms with Gasteiger partial charge in [-0.05, 0) is 108 Å². The zero-order valence-corrected chi connectivity index (χ0v) is 29.1. The zero-order valence-electron chi connectivity index (χ0n) is 29.1. The Balaban J connectivity index is 0.870. The fourth-order valence-electron chi connectivity index (χ4n) is 5.63. The van der Waals surface area contributed by atoms with E-state index in [1.165, 1.54) is 0 Å². The molecule has 0 N–H and O–H groups in total. The third-order valence-corrected chi connectivity index (χ3v) is 8.16. The van der Waals surface area contributed by atoms with Gasteiger partial charge < -0.3 is 28.4 Å². The minimum Gasteiger partial charge on any atom is -0.457 e. The van der Waals surface area contributed by atoms with Crippen LogP contribution in [0.25, 0.3) is 11.1 Å². The van der Waals surface area contributed by atoms with E-state index in [4.69, 9.17) is 28.4 Å². The molecule has 6 heteroatoms. The van der Waals surface area contributed by atoms with E-state index in [1.54, 1.807) is 0 Å². The first-order valence-corrected chi connectivity index (χ1v) is 17.4. The number of ether oxygens (including phenoxy) is 6. The van der Waals surface area contributed by atoms with Gasteiger partial charge in [-0.25, -0.2) is 0 Å². The van der Waals surface area contributed by atoms with Crippen molar-refractivity contribution in [1.29, 1.82) is 0 Å². The summed E-state index contributed by atoms with van der Waals surface area (Å²) in [5.41, 5.74) is 2.29. The van der Waals surface area contributed by atoms with Crippen LogP contribution in [-0.2, 0) is 0 Å². The first kappa shape index (κ1) is 33.7. The van der Waals surface area contributed by atoms with Crippen LogP contribution in [0.15, 0.2) is 206 Å². The second kappa shape index (κ2) is 16.3. The molecule has 0 radical (unpaired) electrons. The summed E-state index contributed by atoms with van der Waals surface area (Å²) < 4.78 is 36.7. The maximum atomic E-state index is 6.21. The average molecular weight is 707 g/mol. The molecule has 8 aromatic rings. The summed E-state index contributed by atoms with van der Waals surface area (Å²) >= 11 is 0. The molecule has 8 rings (SSSR count). The third-order valence-electron chi connectivity index (χ3n) is 8.16. The Morgan fingerprint density at radius 3 is 0.741 bits per heavy atom. The SMILES string of the molecule is c1ccc(Oc2ccc(Oc3cccc(Oc4cccc(Oc5cccc(Oc6cccc(Oc7ccc(-c8ccccc8)cc7)c6)c5)c4)c3)cc2)cc1. The Hall–Kier alpha value is -7.44. The van der Waals surface area contributed by atoms with Gasteiger partial charge in [0.25, 0.3) is 0 Å². The molecule has 0 aliphatic heterocycles. The number of benzene rings is 8. The lowest BCUT2D eigenvalue weighted by molar-refractivity contribution is 0.445. The fourth-order valence-corrected chi connectivity index (χ4v) is 5.63. The summed E-state index contributed by atoms with van der Waals surface area (Å²) in [5, 5.41) is 0. The highest BCUT2D eigenvalue weighted by Crippen LogP contribution is 2.35. The molecule has 0 amide bonds. The second-order valence-corrected chi connectivity index (χ2v) is 12.2. The molecule has 0 aliphatic rings. The van der Waals surface area contributed by atoms with Crippen molar-refractivity contribution < 1.29 is 28.4 Å². The van der Waals surface area contributed by atoms with Crippen LogP contribution in [0.2, 0.25) is 0 Å². The summed E-state index contributed by atoms with van der Waals surface area (Å²) in [6.45, 7) is 0. The van der Waals surface area contributed by atoms with Gasteiger partial charge in [-0.2, -0.15) is 0 Å². The fraction of sp³-hybridized carbons (Fsp3) is 0. The Morgan fingerprint density at radius 1 is 0.167 bits per heavy atom. The molecule has 0 saturated heterocycles. The molecule has 262 valence electrons. The zero-order chi connectivity index (χ0) is 36.4. The summed E-state index contributed by atoms with van der Waals surface area (Å²) in [4.78, 5) is 0. The number of rotatable bonds is 13. The molecule has 6 nitrogen and oxygen atoms in total. The summed E-state index contributed by atoms with van der Waals surface area (Å²) in [7, 11) is 0. The Kier molecular flexibility index (Phi) is 10.2. The van der Waals surface area contributed by atoms with Crippen molar-refractivity contribution in [3.63, 3.8) is 0 Å². The van der Waals surface area contributed by atoms with Crippen LogP contribution in [0.3, 0.4) is 0 Å². The summed E-state index contributed by atoms with van der Waals surface area (Å²) in [6.07, 6.45) is 0. The predicted octanol–water partition coefficient (Wildman–Crippen LogP) is 14.1. The standard InChI is InChI=1S/C48H34O6/c1-3-11-35(12-4-1)36-23-25-38(26-24-36)50-41-15-7-17-43(31-41)52-45-19-9-21-47(33-45)54-48-22-10-20-46(34-48)53-44-18-8-16-42(32-44)51-40-29-27-39(28-30-40)49-37-13-5-2-6-14-37/h1-34H. The van der Waals surface area contributed by atoms with Crippen LogP contribution in [0, 0.1) is 0 Å². The van der Waals surface area contributed by atoms with Crippen molar-refractivity contribution in [2.24, 2.45) is 0 Å². The average Bonchev–Trinajstić information content (AvgIpc) is 3.20. The lowest BCUT2D eigenvalue weighted by Gasteiger charge is -2.12. The normalized spacial score (nSPS) is 10.6. The molecule has 0 saturated carbocycles. The van der Waals surface area contributed by atoms with Crippen molar-refractivity contribution in [2.45, 2.75) is 0 Å². The van der Waals surface area contributed by atoms with Gasteiger partial charge in [-0.3, -0.25) is 0 Å². The first-order valence-electron chi connectivity index (χ1n) is 17.4. The smallest absolute Gasteiger partial charge is 0.131 e. The second-order valence-electron chi connectivity index (χ2n) is 12.2. The van der Waals surface area contributed by atoms with Crippen LogP contribution in [0.4, 0.5) is 0 Å². The van der Waals surface area contributed by atoms with E-state index < -0.39 is 0 Å². The molecule has 0 spiro atoms. The van der Waals surface area contributed by atoms with E-state index in [1.807, 2.05) is 182 Å². The molecule has 0 unspecified atom stereocenters. The Bertz CT molecular complexity index is 2430. The van der Waals surface area contributed by atoms with Gasteiger partial charge in [0.05, 0.1) is 0 Å². The summed E-state index contributed by atoms with van der Waals surface area (Å²) in [6, 6.07) is 65.4. The van der Waals surface area contributed by atoms with Gasteiger partial charge in [0.2, 0.25) is 0 Å². The number of para-hydroxylation sites is 1. The van der Waals surface area contributed by atoms with Crippen molar-refractivity contribution in [3.05, 3.63) is 206 Å². The molecule has 0 aliphatic carbocycles. The van der Waals surface area contributed by atoms with E-state index in [9.17, 15) is 0 Å². The quantitative estimate of drug-likeness (QED) is 0.119. The van der Waals surface area contributed by atoms with E-state index in [0.29, 0.717) is 51.7 Å². The third kappa shape index (κ3) is 9.07. The maximum absolute atomic E-state index is 6.21. The van der Waals surface area contributed by atoms with Crippen molar-refractivity contribution in [2.75, 3.05) is 0 Å². The Labute approximate surface area is 314 Å². The molecule has 54 heavy (non-hydrogen) atoms. The lowest BCUT2D eigenvalue weighted by atomic mass is 10.1.